The number of alkyl halides is 2. The Balaban J connectivity index is 1.77. The van der Waals surface area contributed by atoms with Crippen molar-refractivity contribution in [3.8, 4) is 11.4 Å². The molecule has 0 saturated heterocycles. The maximum Gasteiger partial charge on any atom is 0.251 e. The van der Waals surface area contributed by atoms with Crippen LogP contribution in [0.5, 0.6) is 5.75 Å². The van der Waals surface area contributed by atoms with Crippen molar-refractivity contribution in [2.75, 3.05) is 12.9 Å². The molecule has 2 aromatic rings. The van der Waals surface area contributed by atoms with E-state index in [-0.39, 0.29) is 13.0 Å². The van der Waals surface area contributed by atoms with Gasteiger partial charge in [-0.3, -0.25) is 4.57 Å². The predicted molar refractivity (Wildman–Crippen MR) is 84.2 cm³/mol. The van der Waals surface area contributed by atoms with E-state index >= 15 is 0 Å². The summed E-state index contributed by atoms with van der Waals surface area (Å²) in [6, 6.07) is 7.48. The summed E-state index contributed by atoms with van der Waals surface area (Å²) >= 11 is 1.42. The lowest BCUT2D eigenvalue weighted by atomic mass is 10.3. The zero-order valence-corrected chi connectivity index (χ0v) is 13.5. The van der Waals surface area contributed by atoms with Crippen LogP contribution in [0.15, 0.2) is 29.4 Å². The Labute approximate surface area is 137 Å². The molecule has 1 aliphatic rings. The van der Waals surface area contributed by atoms with Crippen LogP contribution in [0.2, 0.25) is 0 Å². The molecule has 0 radical (unpaired) electrons. The largest absolute Gasteiger partial charge is 0.497 e. The van der Waals surface area contributed by atoms with Gasteiger partial charge in [0.05, 0.1) is 19.3 Å². The highest BCUT2D eigenvalue weighted by molar-refractivity contribution is 7.99. The van der Waals surface area contributed by atoms with E-state index < -0.39 is 11.8 Å². The summed E-state index contributed by atoms with van der Waals surface area (Å²) in [5.41, 5.74) is 6.57. The van der Waals surface area contributed by atoms with Crippen molar-refractivity contribution in [1.29, 1.82) is 0 Å². The van der Waals surface area contributed by atoms with Gasteiger partial charge in [0, 0.05) is 24.2 Å². The molecule has 3 rings (SSSR count). The topological polar surface area (TPSA) is 66.0 Å². The smallest absolute Gasteiger partial charge is 0.251 e. The SMILES string of the molecule is COc1cccc(-n2c(CN)nnc2SCC[C@H]2CC2(F)F)c1. The van der Waals surface area contributed by atoms with Gasteiger partial charge in [-0.05, 0) is 18.6 Å². The third-order valence-corrected chi connectivity index (χ3v) is 4.81. The molecule has 1 saturated carbocycles. The van der Waals surface area contributed by atoms with Crippen molar-refractivity contribution in [2.45, 2.75) is 30.5 Å². The third-order valence-electron chi connectivity index (χ3n) is 3.85. The minimum absolute atomic E-state index is 0.00415. The number of halogens is 2. The molecule has 1 aromatic heterocycles. The van der Waals surface area contributed by atoms with Crippen LogP contribution in [0.25, 0.3) is 5.69 Å². The van der Waals surface area contributed by atoms with Gasteiger partial charge in [-0.1, -0.05) is 17.8 Å². The molecular formula is C15H18F2N4OS. The fourth-order valence-electron chi connectivity index (χ4n) is 2.41. The highest BCUT2D eigenvalue weighted by atomic mass is 32.2. The number of nitrogens with zero attached hydrogens (tertiary/aromatic N) is 3. The van der Waals surface area contributed by atoms with E-state index in [1.54, 1.807) is 7.11 Å². The summed E-state index contributed by atoms with van der Waals surface area (Å²) in [6.07, 6.45) is 0.477. The van der Waals surface area contributed by atoms with Crippen molar-refractivity contribution in [1.82, 2.24) is 14.8 Å². The van der Waals surface area contributed by atoms with Crippen LogP contribution in [0, 0.1) is 5.92 Å². The third kappa shape index (κ3) is 3.48. The summed E-state index contributed by atoms with van der Waals surface area (Å²) in [5.74, 6) is -1.04. The van der Waals surface area contributed by atoms with E-state index in [1.165, 1.54) is 11.8 Å². The molecule has 1 atom stereocenters. The molecule has 2 N–H and O–H groups in total. The van der Waals surface area contributed by atoms with Crippen LogP contribution in [0.3, 0.4) is 0 Å². The molecule has 0 amide bonds. The Bertz CT molecular complexity index is 692. The first-order valence-corrected chi connectivity index (χ1v) is 8.33. The molecule has 8 heteroatoms. The molecule has 1 aliphatic carbocycles. The van der Waals surface area contributed by atoms with E-state index in [2.05, 4.69) is 10.2 Å². The highest BCUT2D eigenvalue weighted by Crippen LogP contribution is 2.51. The molecule has 0 unspecified atom stereocenters. The van der Waals surface area contributed by atoms with Gasteiger partial charge in [-0.2, -0.15) is 0 Å². The van der Waals surface area contributed by atoms with Crippen LogP contribution in [-0.2, 0) is 6.54 Å². The van der Waals surface area contributed by atoms with E-state index in [0.717, 1.165) is 5.69 Å². The summed E-state index contributed by atoms with van der Waals surface area (Å²) in [5, 5.41) is 8.88. The number of benzene rings is 1. The Morgan fingerprint density at radius 1 is 1.43 bits per heavy atom. The van der Waals surface area contributed by atoms with Gasteiger partial charge < -0.3 is 10.5 Å². The van der Waals surface area contributed by atoms with Gasteiger partial charge >= 0.3 is 0 Å². The minimum Gasteiger partial charge on any atom is -0.497 e. The van der Waals surface area contributed by atoms with Gasteiger partial charge in [0.1, 0.15) is 5.75 Å². The molecule has 0 aliphatic heterocycles. The number of ether oxygens (including phenoxy) is 1. The number of aromatic nitrogens is 3. The first-order chi connectivity index (χ1) is 11.0. The van der Waals surface area contributed by atoms with Gasteiger partial charge in [0.25, 0.3) is 5.92 Å². The first-order valence-electron chi connectivity index (χ1n) is 7.34. The van der Waals surface area contributed by atoms with Gasteiger partial charge in [0.15, 0.2) is 11.0 Å². The fraction of sp³-hybridized carbons (Fsp3) is 0.467. The lowest BCUT2D eigenvalue weighted by Crippen LogP contribution is -2.08. The molecule has 1 fully saturated rings. The first kappa shape index (κ1) is 16.2. The van der Waals surface area contributed by atoms with Crippen LogP contribution in [0.1, 0.15) is 18.7 Å². The van der Waals surface area contributed by atoms with Gasteiger partial charge in [-0.25, -0.2) is 8.78 Å². The van der Waals surface area contributed by atoms with E-state index in [0.29, 0.717) is 28.9 Å². The second-order valence-corrected chi connectivity index (χ2v) is 6.50. The maximum atomic E-state index is 12.9. The Hall–Kier alpha value is -1.67. The van der Waals surface area contributed by atoms with Crippen molar-refractivity contribution in [3.05, 3.63) is 30.1 Å². The second kappa shape index (κ2) is 6.45. The number of rotatable bonds is 7. The summed E-state index contributed by atoms with van der Waals surface area (Å²) in [6.45, 7) is 0.242. The number of hydrogen-bond acceptors (Lipinski definition) is 5. The summed E-state index contributed by atoms with van der Waals surface area (Å²) in [4.78, 5) is 0. The van der Waals surface area contributed by atoms with Crippen LogP contribution in [-0.4, -0.2) is 33.5 Å². The zero-order valence-electron chi connectivity index (χ0n) is 12.7. The normalized spacial score (nSPS) is 18.9. The van der Waals surface area contributed by atoms with Crippen LogP contribution < -0.4 is 10.5 Å². The second-order valence-electron chi connectivity index (χ2n) is 5.44. The molecule has 1 heterocycles. The molecule has 124 valence electrons. The average molecular weight is 340 g/mol. The number of methoxy groups -OCH3 is 1. The van der Waals surface area contributed by atoms with E-state index in [1.807, 2.05) is 28.8 Å². The monoisotopic (exact) mass is 340 g/mol. The van der Waals surface area contributed by atoms with E-state index in [9.17, 15) is 8.78 Å². The minimum atomic E-state index is -2.47. The lowest BCUT2D eigenvalue weighted by molar-refractivity contribution is 0.0983. The van der Waals surface area contributed by atoms with Crippen LogP contribution >= 0.6 is 11.8 Å². The predicted octanol–water partition coefficient (Wildman–Crippen LogP) is 2.87. The molecule has 0 bridgehead atoms. The van der Waals surface area contributed by atoms with Crippen molar-refractivity contribution in [2.24, 2.45) is 11.7 Å². The number of thioether (sulfide) groups is 1. The Morgan fingerprint density at radius 2 is 2.22 bits per heavy atom. The molecule has 1 aromatic carbocycles. The van der Waals surface area contributed by atoms with Gasteiger partial charge in [-0.15, -0.1) is 10.2 Å². The highest BCUT2D eigenvalue weighted by Gasteiger charge is 2.55. The summed E-state index contributed by atoms with van der Waals surface area (Å²) in [7, 11) is 1.60. The number of nitrogens with two attached hydrogens (primary N) is 1. The Kier molecular flexibility index (Phi) is 4.54. The quantitative estimate of drug-likeness (QED) is 0.785. The molecule has 0 spiro atoms. The lowest BCUT2D eigenvalue weighted by Gasteiger charge is -2.10. The fourth-order valence-corrected chi connectivity index (χ4v) is 3.43. The molecule has 5 nitrogen and oxygen atoms in total. The van der Waals surface area contributed by atoms with Crippen molar-refractivity contribution >= 4 is 11.8 Å². The summed E-state index contributed by atoms with van der Waals surface area (Å²) < 4.78 is 33.0. The van der Waals surface area contributed by atoms with Gasteiger partial charge in [0.2, 0.25) is 0 Å². The average Bonchev–Trinajstić information content (AvgIpc) is 2.97. The van der Waals surface area contributed by atoms with Crippen LogP contribution in [0.4, 0.5) is 8.78 Å². The van der Waals surface area contributed by atoms with E-state index in [4.69, 9.17) is 10.5 Å². The number of hydrogen-bond donors (Lipinski definition) is 1. The maximum absolute atomic E-state index is 12.9. The Morgan fingerprint density at radius 3 is 2.87 bits per heavy atom. The zero-order chi connectivity index (χ0) is 16.4. The van der Waals surface area contributed by atoms with Crippen molar-refractivity contribution in [3.63, 3.8) is 0 Å². The molecule has 23 heavy (non-hydrogen) atoms. The molecular weight excluding hydrogens is 322 g/mol. The van der Waals surface area contributed by atoms with Crippen molar-refractivity contribution < 1.29 is 13.5 Å². The standard InChI is InChI=1S/C15H18F2N4OS/c1-22-12-4-2-3-11(7-12)21-13(9-18)19-20-14(21)23-6-5-10-8-15(10,16)17/h2-4,7,10H,5-6,8-9,18H2,1H3/t10-/m0/s1.